The highest BCUT2D eigenvalue weighted by molar-refractivity contribution is 6.06. The molecule has 0 radical (unpaired) electrons. The highest BCUT2D eigenvalue weighted by Gasteiger charge is 2.22. The molecule has 0 saturated carbocycles. The Balaban J connectivity index is 2.35. The van der Waals surface area contributed by atoms with Crippen molar-refractivity contribution in [3.63, 3.8) is 0 Å². The molecule has 2 aromatic rings. The minimum absolute atomic E-state index is 0.0243. The SMILES string of the molecule is Cc1cccc(N(C)C(=O)c2ccc(C)c(C(C)C(=O)C(C)C)c2)c1. The highest BCUT2D eigenvalue weighted by atomic mass is 16.2. The summed E-state index contributed by atoms with van der Waals surface area (Å²) in [6.45, 7) is 9.73. The first kappa shape index (κ1) is 18.9. The fraction of sp³-hybridized carbons (Fsp3) is 0.364. The van der Waals surface area contributed by atoms with E-state index >= 15 is 0 Å². The van der Waals surface area contributed by atoms with Crippen molar-refractivity contribution in [2.24, 2.45) is 5.92 Å². The maximum absolute atomic E-state index is 12.9. The minimum Gasteiger partial charge on any atom is -0.311 e. The van der Waals surface area contributed by atoms with E-state index in [0.717, 1.165) is 22.4 Å². The fourth-order valence-corrected chi connectivity index (χ4v) is 3.04. The number of ketones is 1. The van der Waals surface area contributed by atoms with Crippen LogP contribution in [-0.4, -0.2) is 18.7 Å². The molecule has 132 valence electrons. The van der Waals surface area contributed by atoms with Crippen molar-refractivity contribution in [3.05, 3.63) is 64.7 Å². The van der Waals surface area contributed by atoms with Gasteiger partial charge >= 0.3 is 0 Å². The molecule has 1 atom stereocenters. The van der Waals surface area contributed by atoms with E-state index in [1.54, 1.807) is 11.9 Å². The van der Waals surface area contributed by atoms with Crippen LogP contribution in [0.15, 0.2) is 42.5 Å². The number of nitrogens with zero attached hydrogens (tertiary/aromatic N) is 1. The van der Waals surface area contributed by atoms with Gasteiger partial charge in [0.05, 0.1) is 0 Å². The molecule has 0 saturated heterocycles. The zero-order chi connectivity index (χ0) is 18.7. The topological polar surface area (TPSA) is 37.4 Å². The largest absolute Gasteiger partial charge is 0.311 e. The van der Waals surface area contributed by atoms with Crippen molar-refractivity contribution in [3.8, 4) is 0 Å². The quantitative estimate of drug-likeness (QED) is 0.777. The van der Waals surface area contributed by atoms with Crippen LogP contribution in [0.4, 0.5) is 5.69 Å². The van der Waals surface area contributed by atoms with Gasteiger partial charge in [0.1, 0.15) is 5.78 Å². The normalized spacial score (nSPS) is 12.1. The summed E-state index contributed by atoms with van der Waals surface area (Å²) < 4.78 is 0. The second kappa shape index (κ2) is 7.64. The van der Waals surface area contributed by atoms with E-state index in [1.807, 2.05) is 77.1 Å². The van der Waals surface area contributed by atoms with Gasteiger partial charge in [-0.05, 0) is 54.8 Å². The number of aryl methyl sites for hydroxylation is 2. The van der Waals surface area contributed by atoms with Crippen LogP contribution in [0.25, 0.3) is 0 Å². The fourth-order valence-electron chi connectivity index (χ4n) is 3.04. The van der Waals surface area contributed by atoms with Crippen molar-refractivity contribution in [1.82, 2.24) is 0 Å². The van der Waals surface area contributed by atoms with Gasteiger partial charge in [-0.15, -0.1) is 0 Å². The Morgan fingerprint density at radius 1 is 0.960 bits per heavy atom. The maximum Gasteiger partial charge on any atom is 0.258 e. The van der Waals surface area contributed by atoms with E-state index in [1.165, 1.54) is 0 Å². The maximum atomic E-state index is 12.9. The van der Waals surface area contributed by atoms with Gasteiger partial charge in [-0.25, -0.2) is 0 Å². The number of hydrogen-bond donors (Lipinski definition) is 0. The zero-order valence-electron chi connectivity index (χ0n) is 16.0. The van der Waals surface area contributed by atoms with Gasteiger partial charge in [0.15, 0.2) is 0 Å². The Kier molecular flexibility index (Phi) is 5.78. The molecule has 0 heterocycles. The Hall–Kier alpha value is -2.42. The number of benzene rings is 2. The summed E-state index contributed by atoms with van der Waals surface area (Å²) in [5.74, 6) is -0.114. The van der Waals surface area contributed by atoms with Gasteiger partial charge in [0.25, 0.3) is 5.91 Å². The number of anilines is 1. The second-order valence-corrected chi connectivity index (χ2v) is 7.05. The zero-order valence-corrected chi connectivity index (χ0v) is 16.0. The van der Waals surface area contributed by atoms with Crippen LogP contribution in [0.5, 0.6) is 0 Å². The molecule has 0 bridgehead atoms. The molecule has 3 nitrogen and oxygen atoms in total. The standard InChI is InChI=1S/C22H27NO2/c1-14(2)21(24)17(5)20-13-18(11-10-16(20)4)22(25)23(6)19-9-7-8-15(3)12-19/h7-14,17H,1-6H3. The number of carbonyl (C=O) groups is 2. The predicted octanol–water partition coefficient (Wildman–Crippen LogP) is 4.91. The van der Waals surface area contributed by atoms with E-state index in [0.29, 0.717) is 5.56 Å². The molecule has 2 aromatic carbocycles. The van der Waals surface area contributed by atoms with Crippen molar-refractivity contribution in [2.45, 2.75) is 40.5 Å². The van der Waals surface area contributed by atoms with Crippen LogP contribution < -0.4 is 4.90 Å². The number of amides is 1. The molecular weight excluding hydrogens is 310 g/mol. The molecule has 0 aliphatic carbocycles. The Labute approximate surface area is 150 Å². The first-order valence-electron chi connectivity index (χ1n) is 8.71. The molecule has 0 fully saturated rings. The van der Waals surface area contributed by atoms with Crippen molar-refractivity contribution in [2.75, 3.05) is 11.9 Å². The Morgan fingerprint density at radius 2 is 1.64 bits per heavy atom. The molecule has 2 rings (SSSR count). The number of Topliss-reactive ketones (excluding diaryl/α,β-unsaturated/α-hetero) is 1. The number of carbonyl (C=O) groups excluding carboxylic acids is 2. The summed E-state index contributed by atoms with van der Waals surface area (Å²) >= 11 is 0. The van der Waals surface area contributed by atoms with Crippen molar-refractivity contribution >= 4 is 17.4 Å². The van der Waals surface area contributed by atoms with Crippen molar-refractivity contribution in [1.29, 1.82) is 0 Å². The molecule has 0 spiro atoms. The molecule has 1 unspecified atom stereocenters. The minimum atomic E-state index is -0.211. The first-order chi connectivity index (χ1) is 11.7. The molecule has 0 N–H and O–H groups in total. The van der Waals surface area contributed by atoms with Gasteiger partial charge in [-0.1, -0.05) is 39.0 Å². The van der Waals surface area contributed by atoms with Crippen LogP contribution in [0, 0.1) is 19.8 Å². The summed E-state index contributed by atoms with van der Waals surface area (Å²) in [5, 5.41) is 0. The monoisotopic (exact) mass is 337 g/mol. The van der Waals surface area contributed by atoms with Gasteiger partial charge in [-0.2, -0.15) is 0 Å². The van der Waals surface area contributed by atoms with Crippen LogP contribution in [0.1, 0.15) is 53.7 Å². The van der Waals surface area contributed by atoms with E-state index in [2.05, 4.69) is 0 Å². The lowest BCUT2D eigenvalue weighted by Crippen LogP contribution is -2.26. The van der Waals surface area contributed by atoms with Gasteiger partial charge in [-0.3, -0.25) is 9.59 Å². The summed E-state index contributed by atoms with van der Waals surface area (Å²) in [4.78, 5) is 26.9. The van der Waals surface area contributed by atoms with Gasteiger partial charge in [0.2, 0.25) is 0 Å². The average Bonchev–Trinajstić information content (AvgIpc) is 2.59. The molecule has 0 aromatic heterocycles. The number of rotatable bonds is 5. The summed E-state index contributed by atoms with van der Waals surface area (Å²) in [6.07, 6.45) is 0. The lowest BCUT2D eigenvalue weighted by atomic mass is 9.87. The first-order valence-corrected chi connectivity index (χ1v) is 8.71. The Morgan fingerprint density at radius 3 is 2.24 bits per heavy atom. The third kappa shape index (κ3) is 4.16. The Bertz CT molecular complexity index is 792. The molecule has 3 heteroatoms. The predicted molar refractivity (Wildman–Crippen MR) is 103 cm³/mol. The van der Waals surface area contributed by atoms with E-state index < -0.39 is 0 Å². The smallest absolute Gasteiger partial charge is 0.258 e. The van der Waals surface area contributed by atoms with E-state index in [-0.39, 0.29) is 23.5 Å². The van der Waals surface area contributed by atoms with Gasteiger partial charge in [0, 0.05) is 30.1 Å². The van der Waals surface area contributed by atoms with Crippen LogP contribution in [0.2, 0.25) is 0 Å². The summed E-state index contributed by atoms with van der Waals surface area (Å²) in [5.41, 5.74) is 4.54. The molecule has 1 amide bonds. The van der Waals surface area contributed by atoms with Crippen LogP contribution >= 0.6 is 0 Å². The van der Waals surface area contributed by atoms with Crippen LogP contribution in [-0.2, 0) is 4.79 Å². The molecule has 0 aliphatic rings. The highest BCUT2D eigenvalue weighted by Crippen LogP contribution is 2.26. The molecular formula is C22H27NO2. The summed E-state index contributed by atoms with van der Waals surface area (Å²) in [6, 6.07) is 13.5. The lowest BCUT2D eigenvalue weighted by Gasteiger charge is -2.20. The lowest BCUT2D eigenvalue weighted by molar-refractivity contribution is -0.123. The third-order valence-electron chi connectivity index (χ3n) is 4.68. The number of hydrogen-bond acceptors (Lipinski definition) is 2. The molecule has 0 aliphatic heterocycles. The van der Waals surface area contributed by atoms with Crippen LogP contribution in [0.3, 0.4) is 0 Å². The van der Waals surface area contributed by atoms with Crippen molar-refractivity contribution < 1.29 is 9.59 Å². The molecule has 25 heavy (non-hydrogen) atoms. The van der Waals surface area contributed by atoms with E-state index in [9.17, 15) is 9.59 Å². The average molecular weight is 337 g/mol. The third-order valence-corrected chi connectivity index (χ3v) is 4.68. The van der Waals surface area contributed by atoms with E-state index in [4.69, 9.17) is 0 Å². The van der Waals surface area contributed by atoms with Gasteiger partial charge < -0.3 is 4.90 Å². The summed E-state index contributed by atoms with van der Waals surface area (Å²) in [7, 11) is 1.78. The second-order valence-electron chi connectivity index (χ2n) is 7.05.